The molecular weight excluding hydrogens is 589 g/mol. The van der Waals surface area contributed by atoms with Gasteiger partial charge in [0.25, 0.3) is 0 Å². The zero-order valence-electron chi connectivity index (χ0n) is 22.2. The number of benzene rings is 2. The van der Waals surface area contributed by atoms with Crippen LogP contribution in [-0.4, -0.2) is 46.5 Å². The molecule has 0 bridgehead atoms. The van der Waals surface area contributed by atoms with Crippen molar-refractivity contribution in [2.24, 2.45) is 11.8 Å². The van der Waals surface area contributed by atoms with Crippen LogP contribution in [0.4, 0.5) is 22.0 Å². The van der Waals surface area contributed by atoms with E-state index in [2.05, 4.69) is 5.32 Å². The van der Waals surface area contributed by atoms with Crippen molar-refractivity contribution in [2.45, 2.75) is 73.0 Å². The molecule has 2 aromatic carbocycles. The van der Waals surface area contributed by atoms with Gasteiger partial charge >= 0.3 is 6.18 Å². The van der Waals surface area contributed by atoms with Crippen LogP contribution in [0, 0.1) is 17.7 Å². The van der Waals surface area contributed by atoms with Gasteiger partial charge < -0.3 is 5.32 Å². The number of carbonyl (C=O) groups excluding carboxylic acids is 1. The lowest BCUT2D eigenvalue weighted by Crippen LogP contribution is -2.49. The molecule has 224 valence electrons. The Hall–Kier alpha value is -2.54. The van der Waals surface area contributed by atoms with Crippen LogP contribution in [-0.2, 0) is 41.3 Å². The largest absolute Gasteiger partial charge is 0.426 e. The number of nitrogens with one attached hydrogen (secondary N) is 1. The lowest BCUT2D eigenvalue weighted by atomic mass is 9.72. The second-order valence-corrected chi connectivity index (χ2v) is 16.0. The van der Waals surface area contributed by atoms with Gasteiger partial charge in [-0.25, -0.2) is 25.6 Å². The van der Waals surface area contributed by atoms with Gasteiger partial charge in [-0.05, 0) is 92.3 Å². The summed E-state index contributed by atoms with van der Waals surface area (Å²) in [5, 5.41) is 2.89. The molecule has 1 heterocycles. The van der Waals surface area contributed by atoms with Crippen molar-refractivity contribution in [1.82, 2.24) is 5.32 Å². The molecule has 2 aliphatic carbocycles. The molecule has 1 saturated carbocycles. The van der Waals surface area contributed by atoms with Crippen LogP contribution in [0.25, 0.3) is 0 Å². The summed E-state index contributed by atoms with van der Waals surface area (Å²) in [5.41, 5.74) is -3.82. The number of halogens is 5. The number of carbonyl (C=O) groups is 1. The predicted molar refractivity (Wildman–Crippen MR) is 141 cm³/mol. The Balaban J connectivity index is 1.57. The summed E-state index contributed by atoms with van der Waals surface area (Å²) in [7, 11) is -7.49. The summed E-state index contributed by atoms with van der Waals surface area (Å²) in [6.45, 7) is 0.415. The summed E-state index contributed by atoms with van der Waals surface area (Å²) in [4.78, 5) is 13.3. The van der Waals surface area contributed by atoms with Crippen molar-refractivity contribution >= 4 is 25.6 Å². The fourth-order valence-electron chi connectivity index (χ4n) is 6.79. The van der Waals surface area contributed by atoms with Gasteiger partial charge in [0.05, 0.1) is 16.4 Å². The highest BCUT2D eigenvalue weighted by Crippen LogP contribution is 2.59. The maximum Gasteiger partial charge on any atom is 0.426 e. The van der Waals surface area contributed by atoms with Crippen molar-refractivity contribution in [3.8, 4) is 0 Å². The number of alkyl halides is 4. The van der Waals surface area contributed by atoms with Crippen molar-refractivity contribution in [2.75, 3.05) is 11.5 Å². The van der Waals surface area contributed by atoms with E-state index in [1.165, 1.54) is 6.07 Å². The Labute approximate surface area is 235 Å². The highest BCUT2D eigenvalue weighted by molar-refractivity contribution is 7.92. The Morgan fingerprint density at radius 2 is 1.61 bits per heavy atom. The van der Waals surface area contributed by atoms with Gasteiger partial charge in [0.15, 0.2) is 9.84 Å². The summed E-state index contributed by atoms with van der Waals surface area (Å²) >= 11 is 0. The van der Waals surface area contributed by atoms with Crippen molar-refractivity contribution < 1.29 is 43.6 Å². The second-order valence-electron chi connectivity index (χ2n) is 11.4. The smallest absolute Gasteiger partial charge is 0.353 e. The predicted octanol–water partition coefficient (Wildman–Crippen LogP) is 4.91. The van der Waals surface area contributed by atoms with Gasteiger partial charge in [0.1, 0.15) is 20.4 Å². The Bertz CT molecular complexity index is 1560. The average molecular weight is 620 g/mol. The molecule has 1 unspecified atom stereocenters. The molecule has 13 heteroatoms. The number of hydrogen-bond acceptors (Lipinski definition) is 5. The molecule has 2 aromatic rings. The lowest BCUT2D eigenvalue weighted by molar-refractivity contribution is -0.228. The SMILES string of the molecule is CC(F)(c1ccc2c(c1)CC[C@H]1[C@H](C(=O)NC3CCS(=O)(=O)CC3)CC[C@@]21S(=O)(=O)c1ccc(F)cc1)C(F)(F)F. The molecule has 1 aliphatic heterocycles. The lowest BCUT2D eigenvalue weighted by Gasteiger charge is -2.42. The molecule has 1 saturated heterocycles. The first-order valence-electron chi connectivity index (χ1n) is 13.4. The molecule has 5 rings (SSSR count). The third-order valence-corrected chi connectivity index (χ3v) is 13.4. The molecule has 0 spiro atoms. The number of amides is 1. The highest BCUT2D eigenvalue weighted by atomic mass is 32.2. The first-order chi connectivity index (χ1) is 19.0. The summed E-state index contributed by atoms with van der Waals surface area (Å²) in [6.07, 6.45) is -4.28. The maximum absolute atomic E-state index is 14.9. The van der Waals surface area contributed by atoms with Crippen LogP contribution >= 0.6 is 0 Å². The second kappa shape index (κ2) is 10.0. The molecule has 1 N–H and O–H groups in total. The number of hydrogen-bond donors (Lipinski definition) is 1. The van der Waals surface area contributed by atoms with Crippen LogP contribution in [0.3, 0.4) is 0 Å². The summed E-state index contributed by atoms with van der Waals surface area (Å²) in [6, 6.07) is 7.11. The van der Waals surface area contributed by atoms with E-state index in [0.29, 0.717) is 6.92 Å². The Kier molecular flexibility index (Phi) is 7.32. The Morgan fingerprint density at radius 1 is 0.976 bits per heavy atom. The number of aryl methyl sites for hydroxylation is 1. The normalized spacial score (nSPS) is 27.9. The van der Waals surface area contributed by atoms with Crippen LogP contribution in [0.15, 0.2) is 47.4 Å². The van der Waals surface area contributed by atoms with Crippen LogP contribution in [0.1, 0.15) is 55.7 Å². The van der Waals surface area contributed by atoms with Crippen molar-refractivity contribution in [3.63, 3.8) is 0 Å². The van der Waals surface area contributed by atoms with E-state index >= 15 is 0 Å². The van der Waals surface area contributed by atoms with Crippen LogP contribution in [0.5, 0.6) is 0 Å². The standard InChI is InChI=1S/C28H30F5NO5S2/c1-26(30,28(31,32)33)18-3-9-23-17(16-18)2-8-24-22(25(35)34-20-11-14-40(36,37)15-12-20)10-13-27(23,24)41(38,39)21-6-4-19(29)5-7-21/h3-7,9,16,20,22,24H,2,8,10-15H2,1H3,(H,34,35)/t22-,24+,26?,27-/m1/s1. The number of fused-ring (bicyclic) bond motifs is 3. The first-order valence-corrected chi connectivity index (χ1v) is 16.7. The highest BCUT2D eigenvalue weighted by Gasteiger charge is 2.62. The average Bonchev–Trinajstić information content (AvgIpc) is 3.31. The molecule has 0 radical (unpaired) electrons. The van der Waals surface area contributed by atoms with E-state index in [9.17, 15) is 43.6 Å². The maximum atomic E-state index is 14.9. The van der Waals surface area contributed by atoms with E-state index in [4.69, 9.17) is 0 Å². The van der Waals surface area contributed by atoms with Gasteiger partial charge in [-0.2, -0.15) is 13.2 Å². The number of rotatable bonds is 5. The minimum absolute atomic E-state index is 0.0208. The molecule has 1 amide bonds. The Morgan fingerprint density at radius 3 is 2.22 bits per heavy atom. The number of sulfone groups is 2. The molecule has 0 aromatic heterocycles. The molecule has 6 nitrogen and oxygen atoms in total. The van der Waals surface area contributed by atoms with Crippen molar-refractivity contribution in [3.05, 3.63) is 65.0 Å². The van der Waals surface area contributed by atoms with Gasteiger partial charge in [-0.15, -0.1) is 0 Å². The summed E-state index contributed by atoms with van der Waals surface area (Å²) in [5.74, 6) is -2.70. The fraction of sp³-hybridized carbons (Fsp3) is 0.536. The first kappa shape index (κ1) is 29.9. The van der Waals surface area contributed by atoms with Crippen molar-refractivity contribution in [1.29, 1.82) is 0 Å². The zero-order chi connectivity index (χ0) is 30.0. The van der Waals surface area contributed by atoms with E-state index in [1.807, 2.05) is 0 Å². The molecule has 2 fully saturated rings. The minimum Gasteiger partial charge on any atom is -0.353 e. The molecule has 4 atom stereocenters. The quantitative estimate of drug-likeness (QED) is 0.379. The third-order valence-electron chi connectivity index (χ3n) is 9.11. The van der Waals surface area contributed by atoms with Crippen LogP contribution < -0.4 is 5.32 Å². The molecule has 3 aliphatic rings. The van der Waals surface area contributed by atoms with Gasteiger partial charge in [0.2, 0.25) is 11.6 Å². The fourth-order valence-corrected chi connectivity index (χ4v) is 10.8. The minimum atomic E-state index is -5.19. The van der Waals surface area contributed by atoms with E-state index in [0.717, 1.165) is 36.4 Å². The summed E-state index contributed by atoms with van der Waals surface area (Å²) < 4.78 is 120. The monoisotopic (exact) mass is 619 g/mol. The van der Waals surface area contributed by atoms with Gasteiger partial charge in [-0.3, -0.25) is 4.79 Å². The van der Waals surface area contributed by atoms with E-state index in [-0.39, 0.29) is 72.1 Å². The van der Waals surface area contributed by atoms with Gasteiger partial charge in [-0.1, -0.05) is 18.2 Å². The van der Waals surface area contributed by atoms with Crippen LogP contribution in [0.2, 0.25) is 0 Å². The topological polar surface area (TPSA) is 97.4 Å². The zero-order valence-corrected chi connectivity index (χ0v) is 23.8. The molecule has 41 heavy (non-hydrogen) atoms. The third kappa shape index (κ3) is 4.96. The van der Waals surface area contributed by atoms with E-state index < -0.39 is 65.4 Å². The van der Waals surface area contributed by atoms with E-state index in [1.54, 1.807) is 0 Å². The molecular formula is C28H30F5NO5S2. The van der Waals surface area contributed by atoms with Gasteiger partial charge in [0, 0.05) is 12.0 Å².